The molecule has 0 aromatic heterocycles. The zero-order valence-electron chi connectivity index (χ0n) is 16.3. The van der Waals surface area contributed by atoms with Gasteiger partial charge in [-0.2, -0.15) is 0 Å². The molecule has 0 bridgehead atoms. The molecule has 7 nitrogen and oxygen atoms in total. The van der Waals surface area contributed by atoms with Crippen molar-refractivity contribution in [1.29, 1.82) is 0 Å². The van der Waals surface area contributed by atoms with E-state index in [9.17, 15) is 14.4 Å². The standard InChI is InChI=1S/C23H23N3O4/c24-22(28)20(13-18-11-6-10-17-9-4-5-12-19(17)18)26-21(27)14-25-23(29)30-15-16-7-2-1-3-8-16/h1-12,20H,13-15H2,(H2,24,28)(H,25,29)(H,26,27)/t20-/m1/s1. The Morgan fingerprint density at radius 3 is 2.37 bits per heavy atom. The Kier molecular flexibility index (Phi) is 7.00. The fourth-order valence-corrected chi connectivity index (χ4v) is 3.09. The summed E-state index contributed by atoms with van der Waals surface area (Å²) in [5, 5.41) is 6.96. The maximum atomic E-state index is 12.2. The second-order valence-electron chi connectivity index (χ2n) is 6.78. The van der Waals surface area contributed by atoms with Gasteiger partial charge in [-0.15, -0.1) is 0 Å². The van der Waals surface area contributed by atoms with Crippen molar-refractivity contribution in [2.75, 3.05) is 6.54 Å². The lowest BCUT2D eigenvalue weighted by molar-refractivity contribution is -0.126. The molecule has 0 fully saturated rings. The molecule has 3 aromatic rings. The molecule has 0 aliphatic heterocycles. The van der Waals surface area contributed by atoms with E-state index in [2.05, 4.69) is 10.6 Å². The van der Waals surface area contributed by atoms with E-state index in [1.165, 1.54) is 0 Å². The summed E-state index contributed by atoms with van der Waals surface area (Å²) in [6.45, 7) is -0.230. The minimum absolute atomic E-state index is 0.0965. The largest absolute Gasteiger partial charge is 0.445 e. The number of nitrogens with one attached hydrogen (secondary N) is 2. The predicted octanol–water partition coefficient (Wildman–Crippen LogP) is 2.28. The molecule has 154 valence electrons. The van der Waals surface area contributed by atoms with Gasteiger partial charge in [-0.3, -0.25) is 9.59 Å². The molecule has 4 N–H and O–H groups in total. The second kappa shape index (κ2) is 10.1. The third kappa shape index (κ3) is 5.81. The van der Waals surface area contributed by atoms with Crippen molar-refractivity contribution in [2.45, 2.75) is 19.1 Å². The highest BCUT2D eigenvalue weighted by Crippen LogP contribution is 2.19. The number of primary amides is 1. The SMILES string of the molecule is NC(=O)[C@@H](Cc1cccc2ccccc12)NC(=O)CNC(=O)OCc1ccccc1. The number of amides is 3. The lowest BCUT2D eigenvalue weighted by Gasteiger charge is -2.17. The first kappa shape index (κ1) is 20.9. The number of hydrogen-bond acceptors (Lipinski definition) is 4. The summed E-state index contributed by atoms with van der Waals surface area (Å²) < 4.78 is 5.05. The number of ether oxygens (including phenoxy) is 1. The van der Waals surface area contributed by atoms with Crippen LogP contribution in [0.5, 0.6) is 0 Å². The topological polar surface area (TPSA) is 111 Å². The van der Waals surface area contributed by atoms with Gasteiger partial charge >= 0.3 is 6.09 Å². The van der Waals surface area contributed by atoms with Gasteiger partial charge in [0.2, 0.25) is 11.8 Å². The molecular weight excluding hydrogens is 382 g/mol. The maximum Gasteiger partial charge on any atom is 0.407 e. The van der Waals surface area contributed by atoms with E-state index in [-0.39, 0.29) is 19.6 Å². The first-order chi connectivity index (χ1) is 14.5. The van der Waals surface area contributed by atoms with Gasteiger partial charge in [-0.05, 0) is 21.9 Å². The molecule has 3 amide bonds. The van der Waals surface area contributed by atoms with Crippen LogP contribution in [0.1, 0.15) is 11.1 Å². The Labute approximate surface area is 174 Å². The molecule has 0 saturated carbocycles. The quantitative estimate of drug-likeness (QED) is 0.534. The predicted molar refractivity (Wildman–Crippen MR) is 113 cm³/mol. The number of rotatable bonds is 8. The fourth-order valence-electron chi connectivity index (χ4n) is 3.09. The van der Waals surface area contributed by atoms with Gasteiger partial charge in [0.1, 0.15) is 19.2 Å². The van der Waals surface area contributed by atoms with Crippen LogP contribution in [-0.4, -0.2) is 30.5 Å². The van der Waals surface area contributed by atoms with Crippen molar-refractivity contribution in [3.8, 4) is 0 Å². The average molecular weight is 405 g/mol. The average Bonchev–Trinajstić information content (AvgIpc) is 2.76. The Balaban J connectivity index is 1.52. The van der Waals surface area contributed by atoms with E-state index in [1.54, 1.807) is 0 Å². The summed E-state index contributed by atoms with van der Waals surface area (Å²) in [5.74, 6) is -1.18. The lowest BCUT2D eigenvalue weighted by Crippen LogP contribution is -2.49. The number of carbonyl (C=O) groups excluding carboxylic acids is 3. The first-order valence-electron chi connectivity index (χ1n) is 9.53. The third-order valence-corrected chi connectivity index (χ3v) is 4.59. The van der Waals surface area contributed by atoms with Gasteiger partial charge in [0.05, 0.1) is 0 Å². The summed E-state index contributed by atoms with van der Waals surface area (Å²) in [5.41, 5.74) is 7.21. The van der Waals surface area contributed by atoms with Crippen molar-refractivity contribution in [3.63, 3.8) is 0 Å². The van der Waals surface area contributed by atoms with Gasteiger partial charge in [0.15, 0.2) is 0 Å². The number of nitrogens with two attached hydrogens (primary N) is 1. The molecular formula is C23H23N3O4. The van der Waals surface area contributed by atoms with Crippen molar-refractivity contribution in [2.24, 2.45) is 5.73 Å². The Bertz CT molecular complexity index is 1030. The van der Waals surface area contributed by atoms with E-state index in [1.807, 2.05) is 72.8 Å². The van der Waals surface area contributed by atoms with E-state index in [4.69, 9.17) is 10.5 Å². The highest BCUT2D eigenvalue weighted by Gasteiger charge is 2.20. The number of fused-ring (bicyclic) bond motifs is 1. The molecule has 0 aliphatic rings. The van der Waals surface area contributed by atoms with Crippen molar-refractivity contribution < 1.29 is 19.1 Å². The van der Waals surface area contributed by atoms with Crippen molar-refractivity contribution in [3.05, 3.63) is 83.9 Å². The van der Waals surface area contributed by atoms with Gasteiger partial charge in [0, 0.05) is 6.42 Å². The number of benzene rings is 3. The third-order valence-electron chi connectivity index (χ3n) is 4.59. The Morgan fingerprint density at radius 1 is 0.900 bits per heavy atom. The monoisotopic (exact) mass is 405 g/mol. The minimum atomic E-state index is -0.898. The fraction of sp³-hybridized carbons (Fsp3) is 0.174. The summed E-state index contributed by atoms with van der Waals surface area (Å²) in [7, 11) is 0. The number of carbonyl (C=O) groups is 3. The number of hydrogen-bond donors (Lipinski definition) is 3. The van der Waals surface area contributed by atoms with Gasteiger partial charge in [-0.1, -0.05) is 72.8 Å². The van der Waals surface area contributed by atoms with Crippen LogP contribution in [0.4, 0.5) is 4.79 Å². The molecule has 0 radical (unpaired) electrons. The molecule has 3 aromatic carbocycles. The molecule has 0 unspecified atom stereocenters. The van der Waals surface area contributed by atoms with E-state index in [0.29, 0.717) is 0 Å². The maximum absolute atomic E-state index is 12.2. The zero-order chi connectivity index (χ0) is 21.3. The minimum Gasteiger partial charge on any atom is -0.445 e. The van der Waals surface area contributed by atoms with Crippen molar-refractivity contribution in [1.82, 2.24) is 10.6 Å². The molecule has 0 heterocycles. The molecule has 7 heteroatoms. The van der Waals surface area contributed by atoms with Crippen LogP contribution in [0, 0.1) is 0 Å². The van der Waals surface area contributed by atoms with Gasteiger partial charge in [0.25, 0.3) is 0 Å². The number of alkyl carbamates (subject to hydrolysis) is 1. The van der Waals surface area contributed by atoms with Crippen LogP contribution in [-0.2, 0) is 27.4 Å². The first-order valence-corrected chi connectivity index (χ1v) is 9.53. The van der Waals surface area contributed by atoms with Crippen molar-refractivity contribution >= 4 is 28.7 Å². The smallest absolute Gasteiger partial charge is 0.407 e. The van der Waals surface area contributed by atoms with E-state index in [0.717, 1.165) is 21.9 Å². The summed E-state index contributed by atoms with van der Waals surface area (Å²) in [4.78, 5) is 35.8. The van der Waals surface area contributed by atoms with Gasteiger partial charge < -0.3 is 21.1 Å². The Morgan fingerprint density at radius 2 is 1.60 bits per heavy atom. The highest BCUT2D eigenvalue weighted by molar-refractivity contribution is 5.90. The highest BCUT2D eigenvalue weighted by atomic mass is 16.5. The molecule has 0 spiro atoms. The Hall–Kier alpha value is -3.87. The van der Waals surface area contributed by atoms with Crippen LogP contribution in [0.3, 0.4) is 0 Å². The summed E-state index contributed by atoms with van der Waals surface area (Å²) >= 11 is 0. The van der Waals surface area contributed by atoms with Crippen LogP contribution < -0.4 is 16.4 Å². The molecule has 30 heavy (non-hydrogen) atoms. The second-order valence-corrected chi connectivity index (χ2v) is 6.78. The molecule has 0 saturated heterocycles. The van der Waals surface area contributed by atoms with E-state index >= 15 is 0 Å². The molecule has 1 atom stereocenters. The van der Waals surface area contributed by atoms with Crippen LogP contribution in [0.25, 0.3) is 10.8 Å². The molecule has 3 rings (SSSR count). The van der Waals surface area contributed by atoms with Crippen LogP contribution in [0.2, 0.25) is 0 Å². The normalized spacial score (nSPS) is 11.5. The lowest BCUT2D eigenvalue weighted by atomic mass is 9.98. The van der Waals surface area contributed by atoms with Gasteiger partial charge in [-0.25, -0.2) is 4.79 Å². The van der Waals surface area contributed by atoms with E-state index < -0.39 is 23.9 Å². The zero-order valence-corrected chi connectivity index (χ0v) is 16.3. The van der Waals surface area contributed by atoms with Crippen LogP contribution in [0.15, 0.2) is 72.8 Å². The van der Waals surface area contributed by atoms with Crippen LogP contribution >= 0.6 is 0 Å². The summed E-state index contributed by atoms with van der Waals surface area (Å²) in [6, 6.07) is 21.8. The summed E-state index contributed by atoms with van der Waals surface area (Å²) in [6.07, 6.45) is -0.473. The molecule has 0 aliphatic carbocycles.